The van der Waals surface area contributed by atoms with E-state index < -0.39 is 10.1 Å². The van der Waals surface area contributed by atoms with Gasteiger partial charge in [0.2, 0.25) is 0 Å². The number of benzene rings is 2. The summed E-state index contributed by atoms with van der Waals surface area (Å²) < 4.78 is 32.4. The zero-order valence-corrected chi connectivity index (χ0v) is 14.1. The first-order chi connectivity index (χ1) is 10.7. The van der Waals surface area contributed by atoms with E-state index in [-0.39, 0.29) is 4.90 Å². The Morgan fingerprint density at radius 3 is 2.22 bits per heavy atom. The third kappa shape index (κ3) is 4.12. The predicted octanol–water partition coefficient (Wildman–Crippen LogP) is 3.06. The van der Waals surface area contributed by atoms with E-state index in [1.807, 2.05) is 43.3 Å². The lowest BCUT2D eigenvalue weighted by atomic mass is 10.1. The number of nitrogen functional groups attached to an aromatic ring is 1. The second-order valence-corrected chi connectivity index (χ2v) is 6.93. The molecule has 0 atom stereocenters. The van der Waals surface area contributed by atoms with Gasteiger partial charge in [-0.2, -0.15) is 8.42 Å². The molecule has 0 aromatic heterocycles. The highest BCUT2D eigenvalue weighted by atomic mass is 32.2. The number of hydrogen-bond donors (Lipinski definition) is 2. The van der Waals surface area contributed by atoms with Gasteiger partial charge in [0.1, 0.15) is 4.90 Å². The maximum Gasteiger partial charge on any atom is 0.295 e. The molecule has 2 aromatic carbocycles. The van der Waals surface area contributed by atoms with Gasteiger partial charge >= 0.3 is 0 Å². The van der Waals surface area contributed by atoms with Crippen molar-refractivity contribution in [2.75, 3.05) is 24.7 Å². The van der Waals surface area contributed by atoms with E-state index in [1.54, 1.807) is 25.1 Å². The van der Waals surface area contributed by atoms with Crippen molar-refractivity contribution in [3.63, 3.8) is 0 Å². The summed E-state index contributed by atoms with van der Waals surface area (Å²) in [7, 11) is -0.395. The molecule has 0 aliphatic carbocycles. The van der Waals surface area contributed by atoms with Gasteiger partial charge in [-0.15, -0.1) is 0 Å². The van der Waals surface area contributed by atoms with E-state index in [0.717, 1.165) is 11.3 Å². The molecule has 0 fully saturated rings. The van der Waals surface area contributed by atoms with Crippen molar-refractivity contribution >= 4 is 33.6 Å². The Morgan fingerprint density at radius 1 is 1.09 bits per heavy atom. The molecule has 0 radical (unpaired) electrons. The fourth-order valence-electron chi connectivity index (χ4n) is 2.14. The monoisotopic (exact) mass is 332 g/mol. The maximum absolute atomic E-state index is 11.5. The maximum atomic E-state index is 11.5. The van der Waals surface area contributed by atoms with Gasteiger partial charge in [-0.1, -0.05) is 24.3 Å². The number of nitrogens with two attached hydrogens (primary N) is 1. The van der Waals surface area contributed by atoms with Crippen LogP contribution in [0.1, 0.15) is 16.7 Å². The molecule has 0 amide bonds. The van der Waals surface area contributed by atoms with Gasteiger partial charge in [-0.05, 0) is 47.9 Å². The summed E-state index contributed by atoms with van der Waals surface area (Å²) in [6.07, 6.45) is 3.40. The molecule has 0 spiro atoms. The number of nitrogens with zero attached hydrogens (tertiary/aromatic N) is 1. The first-order valence-electron chi connectivity index (χ1n) is 7.01. The molecule has 2 aromatic rings. The first kappa shape index (κ1) is 17.1. The SMILES string of the molecule is Cc1cc(S(=O)(=O)O)c(C=Cc2ccc(N(C)C)cc2)cc1N. The summed E-state index contributed by atoms with van der Waals surface area (Å²) in [5, 5.41) is 0. The Labute approximate surface area is 136 Å². The van der Waals surface area contributed by atoms with Crippen LogP contribution in [-0.4, -0.2) is 27.1 Å². The summed E-state index contributed by atoms with van der Waals surface area (Å²) in [5.41, 5.74) is 9.25. The van der Waals surface area contributed by atoms with Gasteiger partial charge in [0.15, 0.2) is 0 Å². The molecule has 0 saturated heterocycles. The minimum absolute atomic E-state index is 0.148. The fraction of sp³-hybridized carbons (Fsp3) is 0.176. The van der Waals surface area contributed by atoms with Gasteiger partial charge in [0.25, 0.3) is 10.1 Å². The second-order valence-electron chi connectivity index (χ2n) is 5.54. The molecule has 0 aliphatic rings. The highest BCUT2D eigenvalue weighted by molar-refractivity contribution is 7.86. The van der Waals surface area contributed by atoms with Crippen molar-refractivity contribution in [3.05, 3.63) is 53.1 Å². The fourth-order valence-corrected chi connectivity index (χ4v) is 2.89. The summed E-state index contributed by atoms with van der Waals surface area (Å²) >= 11 is 0. The van der Waals surface area contributed by atoms with Crippen LogP contribution in [0.15, 0.2) is 41.3 Å². The Bertz CT molecular complexity index is 839. The van der Waals surface area contributed by atoms with Gasteiger partial charge < -0.3 is 10.6 Å². The topological polar surface area (TPSA) is 83.6 Å². The Hall–Kier alpha value is -2.31. The molecule has 6 heteroatoms. The molecule has 0 bridgehead atoms. The van der Waals surface area contributed by atoms with Crippen LogP contribution in [0.5, 0.6) is 0 Å². The van der Waals surface area contributed by atoms with Gasteiger partial charge in [-0.25, -0.2) is 0 Å². The predicted molar refractivity (Wildman–Crippen MR) is 95.1 cm³/mol. The molecule has 0 unspecified atom stereocenters. The van der Waals surface area contributed by atoms with Crippen LogP contribution in [0, 0.1) is 6.92 Å². The van der Waals surface area contributed by atoms with E-state index in [1.165, 1.54) is 6.07 Å². The quantitative estimate of drug-likeness (QED) is 0.511. The van der Waals surface area contributed by atoms with Crippen LogP contribution in [-0.2, 0) is 10.1 Å². The lowest BCUT2D eigenvalue weighted by Crippen LogP contribution is -2.07. The molecular formula is C17H20N2O3S. The third-order valence-electron chi connectivity index (χ3n) is 3.54. The highest BCUT2D eigenvalue weighted by Gasteiger charge is 2.15. The van der Waals surface area contributed by atoms with Crippen molar-refractivity contribution in [1.29, 1.82) is 0 Å². The molecule has 0 saturated carbocycles. The minimum atomic E-state index is -4.31. The third-order valence-corrected chi connectivity index (χ3v) is 4.45. The van der Waals surface area contributed by atoms with Crippen LogP contribution in [0.2, 0.25) is 0 Å². The van der Waals surface area contributed by atoms with Crippen LogP contribution in [0.3, 0.4) is 0 Å². The van der Waals surface area contributed by atoms with Crippen LogP contribution in [0.25, 0.3) is 12.2 Å². The summed E-state index contributed by atoms with van der Waals surface area (Å²) in [6.45, 7) is 1.69. The van der Waals surface area contributed by atoms with Crippen LogP contribution < -0.4 is 10.6 Å². The Kier molecular flexibility index (Phi) is 4.77. The van der Waals surface area contributed by atoms with Crippen molar-refractivity contribution in [1.82, 2.24) is 0 Å². The number of aryl methyl sites for hydroxylation is 1. The number of anilines is 2. The van der Waals surface area contributed by atoms with Gasteiger partial charge in [0.05, 0.1) is 0 Å². The standard InChI is InChI=1S/C17H20N2O3S/c1-12-10-17(23(20,21)22)14(11-16(12)18)7-4-13-5-8-15(9-6-13)19(2)3/h4-11H,18H2,1-3H3,(H,20,21,22). The molecule has 0 heterocycles. The summed E-state index contributed by atoms with van der Waals surface area (Å²) in [4.78, 5) is 1.84. The van der Waals surface area contributed by atoms with Crippen molar-refractivity contribution in [2.45, 2.75) is 11.8 Å². The van der Waals surface area contributed by atoms with Crippen molar-refractivity contribution < 1.29 is 13.0 Å². The highest BCUT2D eigenvalue weighted by Crippen LogP contribution is 2.24. The van der Waals surface area contributed by atoms with Crippen LogP contribution >= 0.6 is 0 Å². The van der Waals surface area contributed by atoms with Crippen molar-refractivity contribution in [2.24, 2.45) is 0 Å². The molecule has 122 valence electrons. The molecule has 2 rings (SSSR count). The van der Waals surface area contributed by atoms with E-state index in [2.05, 4.69) is 0 Å². The Balaban J connectivity index is 2.41. The van der Waals surface area contributed by atoms with Crippen molar-refractivity contribution in [3.8, 4) is 0 Å². The van der Waals surface area contributed by atoms with E-state index >= 15 is 0 Å². The largest absolute Gasteiger partial charge is 0.398 e. The smallest absolute Gasteiger partial charge is 0.295 e. The summed E-state index contributed by atoms with van der Waals surface area (Å²) in [5.74, 6) is 0. The lowest BCUT2D eigenvalue weighted by molar-refractivity contribution is 0.483. The van der Waals surface area contributed by atoms with E-state index in [0.29, 0.717) is 16.8 Å². The average molecular weight is 332 g/mol. The Morgan fingerprint density at radius 2 is 1.70 bits per heavy atom. The average Bonchev–Trinajstić information content (AvgIpc) is 2.47. The zero-order valence-electron chi connectivity index (χ0n) is 13.3. The molecule has 3 N–H and O–H groups in total. The summed E-state index contributed by atoms with van der Waals surface area (Å²) in [6, 6.07) is 10.7. The molecule has 23 heavy (non-hydrogen) atoms. The van der Waals surface area contributed by atoms with Gasteiger partial charge in [0, 0.05) is 25.5 Å². The molecule has 5 nitrogen and oxygen atoms in total. The molecule has 0 aliphatic heterocycles. The first-order valence-corrected chi connectivity index (χ1v) is 8.45. The number of hydrogen-bond acceptors (Lipinski definition) is 4. The zero-order chi connectivity index (χ0) is 17.2. The van der Waals surface area contributed by atoms with E-state index in [4.69, 9.17) is 5.73 Å². The van der Waals surface area contributed by atoms with Crippen LogP contribution in [0.4, 0.5) is 11.4 Å². The minimum Gasteiger partial charge on any atom is -0.398 e. The number of rotatable bonds is 4. The second kappa shape index (κ2) is 6.44. The normalized spacial score (nSPS) is 11.8. The molecular weight excluding hydrogens is 312 g/mol. The lowest BCUT2D eigenvalue weighted by Gasteiger charge is -2.12. The van der Waals surface area contributed by atoms with Gasteiger partial charge in [-0.3, -0.25) is 4.55 Å². The van der Waals surface area contributed by atoms with E-state index in [9.17, 15) is 13.0 Å².